The van der Waals surface area contributed by atoms with E-state index in [1.165, 1.54) is 5.56 Å². The van der Waals surface area contributed by atoms with E-state index in [1.54, 1.807) is 0 Å². The van der Waals surface area contributed by atoms with E-state index in [-0.39, 0.29) is 12.6 Å². The van der Waals surface area contributed by atoms with E-state index >= 15 is 0 Å². The van der Waals surface area contributed by atoms with E-state index in [0.717, 1.165) is 25.9 Å². The molecule has 1 aromatic carbocycles. The van der Waals surface area contributed by atoms with Gasteiger partial charge in [0.1, 0.15) is 0 Å². The number of nitrogens with zero attached hydrogens (tertiary/aromatic N) is 2. The number of guanidine groups is 1. The molecule has 0 amide bonds. The molecule has 1 fully saturated rings. The van der Waals surface area contributed by atoms with Crippen LogP contribution in [0.25, 0.3) is 0 Å². The van der Waals surface area contributed by atoms with E-state index in [0.29, 0.717) is 18.5 Å². The molecule has 1 aliphatic heterocycles. The minimum Gasteiger partial charge on any atom is -0.357 e. The fourth-order valence-electron chi connectivity index (χ4n) is 3.18. The van der Waals surface area contributed by atoms with Crippen molar-refractivity contribution >= 4 is 5.96 Å². The van der Waals surface area contributed by atoms with Gasteiger partial charge in [-0.15, -0.1) is 0 Å². The molecule has 26 heavy (non-hydrogen) atoms. The molecule has 0 bridgehead atoms. The van der Waals surface area contributed by atoms with E-state index in [2.05, 4.69) is 51.7 Å². The molecular formula is C19H29F3N4. The molecule has 0 saturated carbocycles. The van der Waals surface area contributed by atoms with Crippen molar-refractivity contribution in [2.45, 2.75) is 51.4 Å². The summed E-state index contributed by atoms with van der Waals surface area (Å²) in [6, 6.07) is 11.0. The van der Waals surface area contributed by atoms with Crippen molar-refractivity contribution in [1.29, 1.82) is 0 Å². The van der Waals surface area contributed by atoms with Crippen LogP contribution >= 0.6 is 0 Å². The number of likely N-dealkylation sites (tertiary alicyclic amines) is 1. The highest BCUT2D eigenvalue weighted by molar-refractivity contribution is 5.80. The zero-order chi connectivity index (χ0) is 19.0. The lowest BCUT2D eigenvalue weighted by atomic mass is 10.0. The Labute approximate surface area is 153 Å². The highest BCUT2D eigenvalue weighted by Gasteiger charge is 2.27. The van der Waals surface area contributed by atoms with Crippen LogP contribution in [0.2, 0.25) is 0 Å². The summed E-state index contributed by atoms with van der Waals surface area (Å²) in [4.78, 5) is 6.50. The summed E-state index contributed by atoms with van der Waals surface area (Å²) < 4.78 is 36.9. The van der Waals surface area contributed by atoms with Crippen LogP contribution in [0.15, 0.2) is 35.3 Å². The van der Waals surface area contributed by atoms with Gasteiger partial charge in [-0.25, -0.2) is 0 Å². The van der Waals surface area contributed by atoms with Gasteiger partial charge in [0.25, 0.3) is 0 Å². The van der Waals surface area contributed by atoms with Gasteiger partial charge in [-0.2, -0.15) is 13.2 Å². The van der Waals surface area contributed by atoms with Crippen LogP contribution < -0.4 is 10.6 Å². The summed E-state index contributed by atoms with van der Waals surface area (Å²) in [5.41, 5.74) is 1.31. The molecule has 1 aromatic rings. The number of halogens is 3. The lowest BCUT2D eigenvalue weighted by Gasteiger charge is -2.37. The molecule has 0 aromatic heterocycles. The van der Waals surface area contributed by atoms with Gasteiger partial charge in [0.05, 0.1) is 13.0 Å². The van der Waals surface area contributed by atoms with Crippen molar-refractivity contribution in [1.82, 2.24) is 15.5 Å². The lowest BCUT2D eigenvalue weighted by molar-refractivity contribution is -0.132. The molecule has 7 heteroatoms. The Morgan fingerprint density at radius 1 is 1.23 bits per heavy atom. The van der Waals surface area contributed by atoms with Crippen LogP contribution in [-0.4, -0.2) is 49.3 Å². The van der Waals surface area contributed by atoms with Crippen LogP contribution in [0, 0.1) is 0 Å². The molecular weight excluding hydrogens is 341 g/mol. The van der Waals surface area contributed by atoms with Gasteiger partial charge in [0.2, 0.25) is 0 Å². The van der Waals surface area contributed by atoms with Crippen LogP contribution in [0.4, 0.5) is 13.2 Å². The Kier molecular flexibility index (Phi) is 7.75. The third-order valence-electron chi connectivity index (χ3n) is 4.71. The predicted octanol–water partition coefficient (Wildman–Crippen LogP) is 3.72. The van der Waals surface area contributed by atoms with Crippen molar-refractivity contribution in [3.05, 3.63) is 35.9 Å². The summed E-state index contributed by atoms with van der Waals surface area (Å²) in [6.45, 7) is 6.41. The molecule has 1 atom stereocenters. The Morgan fingerprint density at radius 2 is 1.88 bits per heavy atom. The summed E-state index contributed by atoms with van der Waals surface area (Å²) in [5.74, 6) is 0.478. The van der Waals surface area contributed by atoms with E-state index in [1.807, 2.05) is 13.0 Å². The number of rotatable bonds is 6. The third kappa shape index (κ3) is 6.86. The Balaban J connectivity index is 1.82. The van der Waals surface area contributed by atoms with Crippen molar-refractivity contribution in [3.63, 3.8) is 0 Å². The summed E-state index contributed by atoms with van der Waals surface area (Å²) in [6.07, 6.45) is -3.17. The number of hydrogen-bond acceptors (Lipinski definition) is 2. The SMILES string of the molecule is CCNC(=NCCC(F)(F)F)NC1CCN(C(C)c2ccccc2)CC1. The van der Waals surface area contributed by atoms with Gasteiger partial charge >= 0.3 is 6.18 Å². The highest BCUT2D eigenvalue weighted by atomic mass is 19.4. The van der Waals surface area contributed by atoms with Crippen molar-refractivity contribution in [2.75, 3.05) is 26.2 Å². The molecule has 0 spiro atoms. The van der Waals surface area contributed by atoms with Gasteiger partial charge in [-0.05, 0) is 32.3 Å². The maximum atomic E-state index is 12.3. The minimum absolute atomic E-state index is 0.234. The van der Waals surface area contributed by atoms with Gasteiger partial charge in [0.15, 0.2) is 5.96 Å². The quantitative estimate of drug-likeness (QED) is 0.592. The molecule has 146 valence electrons. The minimum atomic E-state index is -4.17. The second kappa shape index (κ2) is 9.80. The molecule has 2 rings (SSSR count). The summed E-state index contributed by atoms with van der Waals surface area (Å²) in [7, 11) is 0. The van der Waals surface area contributed by atoms with Gasteiger partial charge < -0.3 is 10.6 Å². The second-order valence-corrected chi connectivity index (χ2v) is 6.67. The van der Waals surface area contributed by atoms with Crippen LogP contribution in [0.3, 0.4) is 0 Å². The van der Waals surface area contributed by atoms with E-state index in [9.17, 15) is 13.2 Å². The number of benzene rings is 1. The predicted molar refractivity (Wildman–Crippen MR) is 99.2 cm³/mol. The van der Waals surface area contributed by atoms with Gasteiger partial charge in [0, 0.05) is 31.7 Å². The lowest BCUT2D eigenvalue weighted by Crippen LogP contribution is -2.49. The normalized spacial score (nSPS) is 18.6. The topological polar surface area (TPSA) is 39.7 Å². The van der Waals surface area contributed by atoms with Crippen molar-refractivity contribution < 1.29 is 13.2 Å². The van der Waals surface area contributed by atoms with Crippen molar-refractivity contribution in [2.24, 2.45) is 4.99 Å². The van der Waals surface area contributed by atoms with Gasteiger partial charge in [-0.3, -0.25) is 9.89 Å². The number of alkyl halides is 3. The average Bonchev–Trinajstić information content (AvgIpc) is 2.61. The summed E-state index contributed by atoms with van der Waals surface area (Å²) in [5, 5.41) is 6.32. The zero-order valence-electron chi connectivity index (χ0n) is 15.5. The zero-order valence-corrected chi connectivity index (χ0v) is 15.5. The monoisotopic (exact) mass is 370 g/mol. The first-order valence-corrected chi connectivity index (χ1v) is 9.29. The smallest absolute Gasteiger partial charge is 0.357 e. The summed E-state index contributed by atoms with van der Waals surface area (Å²) >= 11 is 0. The Bertz CT molecular complexity index is 552. The number of piperidine rings is 1. The fraction of sp³-hybridized carbons (Fsp3) is 0.632. The first kappa shape index (κ1) is 20.6. The van der Waals surface area contributed by atoms with Crippen LogP contribution in [-0.2, 0) is 0 Å². The van der Waals surface area contributed by atoms with Crippen LogP contribution in [0.5, 0.6) is 0 Å². The Hall–Kier alpha value is -1.76. The molecule has 1 heterocycles. The molecule has 4 nitrogen and oxygen atoms in total. The maximum absolute atomic E-state index is 12.3. The van der Waals surface area contributed by atoms with Crippen LogP contribution in [0.1, 0.15) is 44.7 Å². The number of hydrogen-bond donors (Lipinski definition) is 2. The third-order valence-corrected chi connectivity index (χ3v) is 4.71. The van der Waals surface area contributed by atoms with E-state index < -0.39 is 12.6 Å². The number of nitrogens with one attached hydrogen (secondary N) is 2. The molecule has 1 unspecified atom stereocenters. The molecule has 1 aliphatic rings. The molecule has 2 N–H and O–H groups in total. The average molecular weight is 370 g/mol. The highest BCUT2D eigenvalue weighted by Crippen LogP contribution is 2.24. The standard InChI is InChI=1S/C19H29F3N4/c1-3-23-18(24-12-11-19(20,21)22)25-17-9-13-26(14-10-17)15(2)16-7-5-4-6-8-16/h4-8,15,17H,3,9-14H2,1-2H3,(H2,23,24,25). The second-order valence-electron chi connectivity index (χ2n) is 6.67. The van der Waals surface area contributed by atoms with Crippen molar-refractivity contribution in [3.8, 4) is 0 Å². The van der Waals surface area contributed by atoms with Gasteiger partial charge in [-0.1, -0.05) is 30.3 Å². The Morgan fingerprint density at radius 3 is 2.46 bits per heavy atom. The van der Waals surface area contributed by atoms with E-state index in [4.69, 9.17) is 0 Å². The molecule has 0 radical (unpaired) electrons. The molecule has 0 aliphatic carbocycles. The largest absolute Gasteiger partial charge is 0.390 e. The fourth-order valence-corrected chi connectivity index (χ4v) is 3.18. The first-order chi connectivity index (χ1) is 12.4. The molecule has 1 saturated heterocycles. The number of aliphatic imine (C=N–C) groups is 1. The first-order valence-electron chi connectivity index (χ1n) is 9.29. The maximum Gasteiger partial charge on any atom is 0.390 e.